The average Bonchev–Trinajstić information content (AvgIpc) is 3.21. The lowest BCUT2D eigenvalue weighted by Gasteiger charge is -2.36. The molecule has 0 aromatic heterocycles. The highest BCUT2D eigenvalue weighted by atomic mass is 28.4. The molecule has 0 N–H and O–H groups in total. The van der Waals surface area contributed by atoms with Crippen molar-refractivity contribution in [2.45, 2.75) is 58.2 Å². The molecule has 3 heteroatoms. The van der Waals surface area contributed by atoms with Gasteiger partial charge in [0.05, 0.1) is 0 Å². The van der Waals surface area contributed by atoms with Crippen LogP contribution >= 0.6 is 0 Å². The van der Waals surface area contributed by atoms with Crippen molar-refractivity contribution in [3.63, 3.8) is 0 Å². The fraction of sp³-hybridized carbons (Fsp3) is 0.611. The summed E-state index contributed by atoms with van der Waals surface area (Å²) in [5.41, 5.74) is 2.12. The van der Waals surface area contributed by atoms with Gasteiger partial charge in [0.2, 0.25) is 0 Å². The number of ketones is 1. The Hall–Kier alpha value is -0.933. The Bertz CT molecular complexity index is 493. The molecule has 21 heavy (non-hydrogen) atoms. The van der Waals surface area contributed by atoms with Crippen LogP contribution in [0.25, 0.3) is 0 Å². The monoisotopic (exact) mass is 304 g/mol. The SMILES string of the molecule is CC(C)(C)[Si](C)(C)OCCc1ccc(C(=O)C2CC2)cc1. The third-order valence-corrected chi connectivity index (χ3v) is 9.38. The lowest BCUT2D eigenvalue weighted by atomic mass is 10.0. The van der Waals surface area contributed by atoms with Crippen molar-refractivity contribution in [3.8, 4) is 0 Å². The lowest BCUT2D eigenvalue weighted by molar-refractivity contribution is 0.0967. The Morgan fingerprint density at radius 3 is 2.24 bits per heavy atom. The van der Waals surface area contributed by atoms with Crippen molar-refractivity contribution in [2.24, 2.45) is 5.92 Å². The topological polar surface area (TPSA) is 26.3 Å². The summed E-state index contributed by atoms with van der Waals surface area (Å²) in [6.45, 7) is 12.1. The van der Waals surface area contributed by atoms with Gasteiger partial charge in [0.15, 0.2) is 14.1 Å². The van der Waals surface area contributed by atoms with Crippen molar-refractivity contribution in [1.29, 1.82) is 0 Å². The van der Waals surface area contributed by atoms with E-state index in [4.69, 9.17) is 4.43 Å². The van der Waals surface area contributed by atoms with Crippen LogP contribution in [0.1, 0.15) is 49.5 Å². The first-order chi connectivity index (χ1) is 9.71. The predicted octanol–water partition coefficient (Wildman–Crippen LogP) is 4.84. The van der Waals surface area contributed by atoms with Gasteiger partial charge in [0.25, 0.3) is 0 Å². The van der Waals surface area contributed by atoms with Gasteiger partial charge in [-0.25, -0.2) is 0 Å². The molecule has 0 bridgehead atoms. The Balaban J connectivity index is 1.85. The Morgan fingerprint density at radius 1 is 1.19 bits per heavy atom. The molecular weight excluding hydrogens is 276 g/mol. The summed E-state index contributed by atoms with van der Waals surface area (Å²) < 4.78 is 6.20. The van der Waals surface area contributed by atoms with E-state index in [2.05, 4.69) is 46.0 Å². The molecule has 1 aromatic rings. The van der Waals surface area contributed by atoms with Crippen LogP contribution in [-0.4, -0.2) is 20.7 Å². The number of benzene rings is 1. The maximum atomic E-state index is 12.0. The summed E-state index contributed by atoms with van der Waals surface area (Å²) in [6, 6.07) is 8.10. The van der Waals surface area contributed by atoms with E-state index in [1.807, 2.05) is 12.1 Å². The standard InChI is InChI=1S/C18H28O2Si/c1-18(2,3)21(4,5)20-13-12-14-6-8-15(9-7-14)17(19)16-10-11-16/h6-9,16H,10-13H2,1-5H3. The molecule has 116 valence electrons. The number of Topliss-reactive ketones (excluding diaryl/α,β-unsaturated/α-hetero) is 1. The molecule has 0 spiro atoms. The molecule has 1 aliphatic rings. The third-order valence-electron chi connectivity index (χ3n) is 4.85. The van der Waals surface area contributed by atoms with Crippen molar-refractivity contribution >= 4 is 14.1 Å². The molecule has 0 atom stereocenters. The van der Waals surface area contributed by atoms with Crippen molar-refractivity contribution < 1.29 is 9.22 Å². The van der Waals surface area contributed by atoms with Crippen LogP contribution in [0.4, 0.5) is 0 Å². The van der Waals surface area contributed by atoms with Crippen LogP contribution in [0.2, 0.25) is 18.1 Å². The van der Waals surface area contributed by atoms with Gasteiger partial charge in [-0.2, -0.15) is 0 Å². The molecular formula is C18H28O2Si. The largest absolute Gasteiger partial charge is 0.416 e. The lowest BCUT2D eigenvalue weighted by Crippen LogP contribution is -2.41. The Kier molecular flexibility index (Phi) is 4.74. The molecule has 0 amide bonds. The van der Waals surface area contributed by atoms with Crippen LogP contribution in [0.15, 0.2) is 24.3 Å². The molecule has 1 aromatic carbocycles. The molecule has 1 fully saturated rings. The highest BCUT2D eigenvalue weighted by Crippen LogP contribution is 2.36. The van der Waals surface area contributed by atoms with Gasteiger partial charge in [0.1, 0.15) is 0 Å². The van der Waals surface area contributed by atoms with E-state index in [1.165, 1.54) is 5.56 Å². The summed E-state index contributed by atoms with van der Waals surface area (Å²) in [7, 11) is -1.65. The van der Waals surface area contributed by atoms with Crippen LogP contribution < -0.4 is 0 Å². The normalized spacial score (nSPS) is 16.0. The third kappa shape index (κ3) is 4.27. The maximum Gasteiger partial charge on any atom is 0.191 e. The number of carbonyl (C=O) groups excluding carboxylic acids is 1. The number of hydrogen-bond donors (Lipinski definition) is 0. The molecule has 1 saturated carbocycles. The first kappa shape index (κ1) is 16.4. The van der Waals surface area contributed by atoms with Gasteiger partial charge in [0, 0.05) is 18.1 Å². The molecule has 0 unspecified atom stereocenters. The summed E-state index contributed by atoms with van der Waals surface area (Å²) in [4.78, 5) is 12.0. The van der Waals surface area contributed by atoms with E-state index in [1.54, 1.807) is 0 Å². The summed E-state index contributed by atoms with van der Waals surface area (Å²) >= 11 is 0. The predicted molar refractivity (Wildman–Crippen MR) is 90.3 cm³/mol. The molecule has 0 aliphatic heterocycles. The summed E-state index contributed by atoms with van der Waals surface area (Å²) in [5, 5.41) is 0.257. The number of rotatable bonds is 6. The van der Waals surface area contributed by atoms with Gasteiger partial charge in [-0.3, -0.25) is 4.79 Å². The average molecular weight is 305 g/mol. The Morgan fingerprint density at radius 2 is 1.76 bits per heavy atom. The van der Waals surface area contributed by atoms with Crippen LogP contribution in [-0.2, 0) is 10.8 Å². The van der Waals surface area contributed by atoms with E-state index >= 15 is 0 Å². The van der Waals surface area contributed by atoms with Gasteiger partial charge in [-0.1, -0.05) is 45.0 Å². The minimum Gasteiger partial charge on any atom is -0.416 e. The van der Waals surface area contributed by atoms with E-state index in [0.29, 0.717) is 11.7 Å². The fourth-order valence-corrected chi connectivity index (χ4v) is 3.10. The molecule has 2 rings (SSSR count). The zero-order valence-corrected chi connectivity index (χ0v) is 15.0. The zero-order chi connectivity index (χ0) is 15.7. The molecule has 0 heterocycles. The number of hydrogen-bond acceptors (Lipinski definition) is 2. The van der Waals surface area contributed by atoms with E-state index in [9.17, 15) is 4.79 Å². The van der Waals surface area contributed by atoms with Crippen LogP contribution in [0, 0.1) is 5.92 Å². The molecule has 2 nitrogen and oxygen atoms in total. The number of carbonyl (C=O) groups is 1. The Labute approximate surface area is 130 Å². The maximum absolute atomic E-state index is 12.0. The zero-order valence-electron chi connectivity index (χ0n) is 14.0. The smallest absolute Gasteiger partial charge is 0.191 e. The first-order valence-corrected chi connectivity index (χ1v) is 10.9. The quantitative estimate of drug-likeness (QED) is 0.555. The first-order valence-electron chi connectivity index (χ1n) is 7.98. The summed E-state index contributed by atoms with van der Waals surface area (Å²) in [5.74, 6) is 0.622. The van der Waals surface area contributed by atoms with Gasteiger partial charge < -0.3 is 4.43 Å². The fourth-order valence-electron chi connectivity index (χ4n) is 2.06. The molecule has 1 aliphatic carbocycles. The van der Waals surface area contributed by atoms with Crippen molar-refractivity contribution in [3.05, 3.63) is 35.4 Å². The molecule has 0 saturated heterocycles. The summed E-state index contributed by atoms with van der Waals surface area (Å²) in [6.07, 6.45) is 3.06. The van der Waals surface area contributed by atoms with E-state index in [-0.39, 0.29) is 5.04 Å². The van der Waals surface area contributed by atoms with Crippen LogP contribution in [0.3, 0.4) is 0 Å². The second-order valence-corrected chi connectivity index (χ2v) is 12.5. The van der Waals surface area contributed by atoms with E-state index < -0.39 is 8.32 Å². The van der Waals surface area contributed by atoms with Crippen molar-refractivity contribution in [2.75, 3.05) is 6.61 Å². The minimum absolute atomic E-state index is 0.257. The van der Waals surface area contributed by atoms with Crippen LogP contribution in [0.5, 0.6) is 0 Å². The van der Waals surface area contributed by atoms with Crippen molar-refractivity contribution in [1.82, 2.24) is 0 Å². The van der Waals surface area contributed by atoms with Gasteiger partial charge >= 0.3 is 0 Å². The van der Waals surface area contributed by atoms with E-state index in [0.717, 1.165) is 31.4 Å². The highest BCUT2D eigenvalue weighted by molar-refractivity contribution is 6.74. The minimum atomic E-state index is -1.65. The van der Waals surface area contributed by atoms with Gasteiger partial charge in [-0.05, 0) is 43.0 Å². The second-order valence-electron chi connectivity index (χ2n) is 7.69. The highest BCUT2D eigenvalue weighted by Gasteiger charge is 2.36. The second kappa shape index (κ2) is 6.05. The molecule has 0 radical (unpaired) electrons. The van der Waals surface area contributed by atoms with Gasteiger partial charge in [-0.15, -0.1) is 0 Å².